The van der Waals surface area contributed by atoms with E-state index in [0.29, 0.717) is 6.54 Å². The summed E-state index contributed by atoms with van der Waals surface area (Å²) in [5, 5.41) is 4.68. The molecule has 3 rings (SSSR count). The van der Waals surface area contributed by atoms with Gasteiger partial charge in [-0.15, -0.1) is 0 Å². The first-order chi connectivity index (χ1) is 16.9. The van der Waals surface area contributed by atoms with Crippen LogP contribution in [0.25, 0.3) is 11.1 Å². The number of amides is 1. The molecular weight excluding hydrogens is 660 g/mol. The van der Waals surface area contributed by atoms with Gasteiger partial charge in [0.05, 0.1) is 18.8 Å². The number of nitrogens with one attached hydrogen (secondary N) is 1. The number of hydrogen-bond donors (Lipinski definition) is 2. The van der Waals surface area contributed by atoms with E-state index in [9.17, 15) is 9.59 Å². The van der Waals surface area contributed by atoms with Gasteiger partial charge in [-0.1, -0.05) is 96.3 Å². The maximum absolute atomic E-state index is 12.8. The molecule has 36 heavy (non-hydrogen) atoms. The molecule has 196 valence electrons. The highest BCUT2D eigenvalue weighted by molar-refractivity contribution is 9.39. The zero-order valence-corrected chi connectivity index (χ0v) is 25.3. The van der Waals surface area contributed by atoms with Crippen LogP contribution in [0.4, 0.5) is 4.79 Å². The number of carbonyl (C=O) groups is 2. The number of quaternary nitrogens is 1. The summed E-state index contributed by atoms with van der Waals surface area (Å²) in [6.07, 6.45) is -0.516. The van der Waals surface area contributed by atoms with E-state index >= 15 is 0 Å². The molecule has 2 aromatic rings. The maximum Gasteiger partial charge on any atom is 0.407 e. The van der Waals surface area contributed by atoms with Gasteiger partial charge in [-0.3, -0.25) is 0 Å². The quantitative estimate of drug-likeness (QED) is 0.280. The number of halogens is 3. The summed E-state index contributed by atoms with van der Waals surface area (Å²) in [5.41, 5.74) is 4.30. The number of carbonyl (C=O) groups excluding carboxylic acids is 2. The van der Waals surface area contributed by atoms with Crippen LogP contribution < -0.4 is 10.6 Å². The first-order valence-electron chi connectivity index (χ1n) is 11.7. The van der Waals surface area contributed by atoms with Crippen molar-refractivity contribution in [2.45, 2.75) is 40.5 Å². The summed E-state index contributed by atoms with van der Waals surface area (Å²) in [5.74, 6) is -0.381. The zero-order chi connectivity index (χ0) is 26.3. The second-order valence-electron chi connectivity index (χ2n) is 9.59. The number of ether oxygens (including phenoxy) is 3. The van der Waals surface area contributed by atoms with Crippen LogP contribution in [0.15, 0.2) is 48.5 Å². The van der Waals surface area contributed by atoms with Crippen LogP contribution in [0.1, 0.15) is 37.8 Å². The van der Waals surface area contributed by atoms with Crippen LogP contribution in [0.2, 0.25) is 0 Å². The molecule has 0 aromatic heterocycles. The number of hydrogen-bond acceptors (Lipinski definition) is 5. The third-order valence-electron chi connectivity index (χ3n) is 5.54. The van der Waals surface area contributed by atoms with E-state index in [1.807, 2.05) is 45.0 Å². The lowest BCUT2D eigenvalue weighted by Gasteiger charge is -2.24. The van der Waals surface area contributed by atoms with Crippen molar-refractivity contribution in [1.82, 2.24) is 5.32 Å². The molecule has 0 fully saturated rings. The molecule has 0 bridgehead atoms. The lowest BCUT2D eigenvalue weighted by molar-refractivity contribution is -0.647. The van der Waals surface area contributed by atoms with E-state index < -0.39 is 8.24 Å². The molecule has 10 heteroatoms. The summed E-state index contributed by atoms with van der Waals surface area (Å²) < 4.78 is 16.1. The number of rotatable bonds is 10. The summed E-state index contributed by atoms with van der Waals surface area (Å²) in [7, 11) is 0. The number of benzene rings is 2. The fraction of sp³-hybridized carbons (Fsp3) is 0.462. The van der Waals surface area contributed by atoms with Crippen LogP contribution in [-0.4, -0.2) is 58.8 Å². The van der Waals surface area contributed by atoms with E-state index in [1.165, 1.54) is 11.1 Å². The van der Waals surface area contributed by atoms with Crippen molar-refractivity contribution < 1.29 is 29.1 Å². The molecule has 1 aliphatic carbocycles. The van der Waals surface area contributed by atoms with Gasteiger partial charge < -0.3 is 24.8 Å². The fourth-order valence-corrected chi connectivity index (χ4v) is 4.29. The van der Waals surface area contributed by atoms with Crippen molar-refractivity contribution >= 4 is 59.9 Å². The Morgan fingerprint density at radius 1 is 0.972 bits per heavy atom. The second kappa shape index (κ2) is 12.9. The van der Waals surface area contributed by atoms with Crippen molar-refractivity contribution in [3.63, 3.8) is 0 Å². The van der Waals surface area contributed by atoms with E-state index in [4.69, 9.17) is 14.2 Å². The van der Waals surface area contributed by atoms with Gasteiger partial charge >= 0.3 is 12.1 Å². The van der Waals surface area contributed by atoms with Crippen molar-refractivity contribution in [1.29, 1.82) is 0 Å². The van der Waals surface area contributed by atoms with Gasteiger partial charge in [-0.25, -0.2) is 9.59 Å². The predicted molar refractivity (Wildman–Crippen MR) is 150 cm³/mol. The molecule has 0 saturated carbocycles. The third-order valence-corrected chi connectivity index (χ3v) is 6.23. The number of fused-ring (bicyclic) bond motifs is 3. The second-order valence-corrected chi connectivity index (χ2v) is 16.8. The van der Waals surface area contributed by atoms with Gasteiger partial charge in [0, 0.05) is 5.92 Å². The van der Waals surface area contributed by atoms with Gasteiger partial charge in [-0.2, -0.15) is 0 Å². The van der Waals surface area contributed by atoms with Crippen LogP contribution >= 0.6 is 47.8 Å². The standard InChI is InChI=1S/C26H31Br3N2O5/c1-25(2,3)36-14-17(12-30-13-23(32)35-16-26(27,28)29)31-24(33)34-15-22-20-10-6-4-8-18(20)19-9-5-7-11-21(19)22/h4-11,17,22,30H,12-16H2,1-3H3,(H,31,33)/p+1. The molecule has 0 radical (unpaired) electrons. The van der Waals surface area contributed by atoms with Gasteiger partial charge in [-0.05, 0) is 43.0 Å². The first-order valence-corrected chi connectivity index (χ1v) is 14.1. The van der Waals surface area contributed by atoms with Crippen molar-refractivity contribution in [3.8, 4) is 11.1 Å². The van der Waals surface area contributed by atoms with Crippen LogP contribution in [0.5, 0.6) is 0 Å². The predicted octanol–water partition coefficient (Wildman–Crippen LogP) is 4.65. The van der Waals surface area contributed by atoms with Gasteiger partial charge in [0.15, 0.2) is 8.69 Å². The number of alkyl carbamates (subject to hydrolysis) is 1. The van der Waals surface area contributed by atoms with Crippen molar-refractivity contribution in [2.75, 3.05) is 32.9 Å². The molecule has 7 nitrogen and oxygen atoms in total. The number of esters is 1. The highest BCUT2D eigenvalue weighted by Gasteiger charge is 2.29. The lowest BCUT2D eigenvalue weighted by atomic mass is 9.98. The highest BCUT2D eigenvalue weighted by atomic mass is 80.0. The average molecular weight is 692 g/mol. The van der Waals surface area contributed by atoms with Crippen LogP contribution in [0.3, 0.4) is 0 Å². The zero-order valence-electron chi connectivity index (χ0n) is 20.6. The monoisotopic (exact) mass is 689 g/mol. The first kappa shape index (κ1) is 29.1. The fourth-order valence-electron chi connectivity index (χ4n) is 3.95. The summed E-state index contributed by atoms with van der Waals surface area (Å²) in [6, 6.07) is 16.1. The Morgan fingerprint density at radius 2 is 1.56 bits per heavy atom. The van der Waals surface area contributed by atoms with E-state index in [0.717, 1.165) is 11.1 Å². The minimum Gasteiger partial charge on any atom is -0.458 e. The summed E-state index contributed by atoms with van der Waals surface area (Å²) in [6.45, 7) is 7.03. The van der Waals surface area contributed by atoms with Crippen molar-refractivity contribution in [2.24, 2.45) is 0 Å². The molecule has 0 spiro atoms. The number of nitrogens with two attached hydrogens (primary N) is 1. The Labute approximate surface area is 237 Å². The normalized spacial score (nSPS) is 14.1. The Balaban J connectivity index is 1.55. The van der Waals surface area contributed by atoms with Gasteiger partial charge in [0.2, 0.25) is 0 Å². The Hall–Kier alpha value is -1.46. The Bertz CT molecular complexity index is 1010. The van der Waals surface area contributed by atoms with E-state index in [1.54, 1.807) is 5.32 Å². The SMILES string of the molecule is CC(C)(C)OCC(C[NH2+]CC(=O)OCC(Br)(Br)Br)NC(=O)OCC1c2ccccc2-c2ccccc21. The minimum absolute atomic E-state index is 0.0147. The van der Waals surface area contributed by atoms with Gasteiger partial charge in [0.1, 0.15) is 19.3 Å². The van der Waals surface area contributed by atoms with E-state index in [-0.39, 0.29) is 49.9 Å². The largest absolute Gasteiger partial charge is 0.458 e. The maximum atomic E-state index is 12.8. The molecule has 1 aliphatic rings. The summed E-state index contributed by atoms with van der Waals surface area (Å²) in [4.78, 5) is 24.8. The third kappa shape index (κ3) is 9.13. The van der Waals surface area contributed by atoms with Gasteiger partial charge in [0.25, 0.3) is 0 Å². The van der Waals surface area contributed by atoms with Crippen molar-refractivity contribution in [3.05, 3.63) is 59.7 Å². The van der Waals surface area contributed by atoms with Crippen LogP contribution in [0, 0.1) is 0 Å². The molecule has 1 unspecified atom stereocenters. The summed E-state index contributed by atoms with van der Waals surface area (Å²) >= 11 is 9.87. The Kier molecular flexibility index (Phi) is 10.4. The lowest BCUT2D eigenvalue weighted by Crippen LogP contribution is -2.89. The molecule has 1 amide bonds. The number of alkyl halides is 3. The van der Waals surface area contributed by atoms with Crippen LogP contribution in [-0.2, 0) is 19.0 Å². The highest BCUT2D eigenvalue weighted by Crippen LogP contribution is 2.44. The molecule has 3 N–H and O–H groups in total. The molecular formula is C26H32Br3N2O5+. The topological polar surface area (TPSA) is 90.5 Å². The van der Waals surface area contributed by atoms with E-state index in [2.05, 4.69) is 77.4 Å². The molecule has 1 atom stereocenters. The smallest absolute Gasteiger partial charge is 0.407 e. The average Bonchev–Trinajstić information content (AvgIpc) is 3.12. The molecule has 0 heterocycles. The Morgan fingerprint density at radius 3 is 2.11 bits per heavy atom. The molecule has 2 aromatic carbocycles. The molecule has 0 aliphatic heterocycles. The minimum atomic E-state index is -0.641. The molecule has 0 saturated heterocycles.